The predicted octanol–water partition coefficient (Wildman–Crippen LogP) is 3.04. The number of rotatable bonds is 4. The van der Waals surface area contributed by atoms with Gasteiger partial charge in [-0.25, -0.2) is 4.98 Å². The highest BCUT2D eigenvalue weighted by atomic mass is 32.1. The summed E-state index contributed by atoms with van der Waals surface area (Å²) in [6, 6.07) is 11.6. The number of imidazole rings is 1. The molecule has 0 aliphatic rings. The number of aromatic nitrogens is 2. The number of para-hydroxylation sites is 2. The average molecular weight is 285 g/mol. The summed E-state index contributed by atoms with van der Waals surface area (Å²) < 4.78 is 0. The summed E-state index contributed by atoms with van der Waals surface area (Å²) in [4.78, 5) is 20.8. The normalized spacial score (nSPS) is 12.4. The van der Waals surface area contributed by atoms with Crippen molar-refractivity contribution < 1.29 is 4.79 Å². The fraction of sp³-hybridized carbons (Fsp3) is 0.200. The number of H-pyrrole nitrogens is 1. The number of hydrogen-bond acceptors (Lipinski definition) is 3. The van der Waals surface area contributed by atoms with E-state index in [-0.39, 0.29) is 11.9 Å². The van der Waals surface area contributed by atoms with E-state index in [1.54, 1.807) is 11.3 Å². The molecule has 0 unspecified atom stereocenters. The van der Waals surface area contributed by atoms with Crippen molar-refractivity contribution in [3.05, 3.63) is 52.5 Å². The van der Waals surface area contributed by atoms with Crippen LogP contribution in [0.25, 0.3) is 11.0 Å². The van der Waals surface area contributed by atoms with Crippen LogP contribution in [0.4, 0.5) is 0 Å². The molecule has 0 aliphatic heterocycles. The molecule has 0 bridgehead atoms. The predicted molar refractivity (Wildman–Crippen MR) is 80.7 cm³/mol. The Morgan fingerprint density at radius 2 is 2.20 bits per heavy atom. The van der Waals surface area contributed by atoms with Crippen molar-refractivity contribution in [3.63, 3.8) is 0 Å². The monoisotopic (exact) mass is 285 g/mol. The van der Waals surface area contributed by atoms with E-state index in [4.69, 9.17) is 0 Å². The number of aromatic amines is 1. The molecule has 3 rings (SSSR count). The van der Waals surface area contributed by atoms with Gasteiger partial charge in [-0.2, -0.15) is 0 Å². The lowest BCUT2D eigenvalue weighted by molar-refractivity contribution is -0.121. The van der Waals surface area contributed by atoms with Gasteiger partial charge in [0.1, 0.15) is 5.82 Å². The minimum Gasteiger partial charge on any atom is -0.346 e. The highest BCUT2D eigenvalue weighted by molar-refractivity contribution is 7.10. The lowest BCUT2D eigenvalue weighted by Crippen LogP contribution is -2.28. The third kappa shape index (κ3) is 2.72. The Bertz CT molecular complexity index is 685. The number of nitrogens with zero attached hydrogens (tertiary/aromatic N) is 1. The van der Waals surface area contributed by atoms with Gasteiger partial charge >= 0.3 is 0 Å². The van der Waals surface area contributed by atoms with Gasteiger partial charge in [0.05, 0.1) is 23.5 Å². The van der Waals surface area contributed by atoms with E-state index in [0.717, 1.165) is 21.7 Å². The second kappa shape index (κ2) is 5.46. The van der Waals surface area contributed by atoms with Crippen LogP contribution in [0, 0.1) is 0 Å². The molecule has 102 valence electrons. The molecule has 4 nitrogen and oxygen atoms in total. The van der Waals surface area contributed by atoms with Crippen LogP contribution in [0.1, 0.15) is 23.7 Å². The van der Waals surface area contributed by atoms with E-state index in [0.29, 0.717) is 6.42 Å². The number of nitrogens with one attached hydrogen (secondary N) is 2. The number of hydrogen-bond donors (Lipinski definition) is 2. The van der Waals surface area contributed by atoms with Crippen LogP contribution in [-0.2, 0) is 11.2 Å². The van der Waals surface area contributed by atoms with E-state index in [1.165, 1.54) is 0 Å². The molecule has 0 saturated carbocycles. The molecular formula is C15H15N3OS. The zero-order chi connectivity index (χ0) is 13.9. The van der Waals surface area contributed by atoms with Crippen LogP contribution in [-0.4, -0.2) is 15.9 Å². The Morgan fingerprint density at radius 1 is 1.35 bits per heavy atom. The molecule has 5 heteroatoms. The van der Waals surface area contributed by atoms with Gasteiger partial charge < -0.3 is 10.3 Å². The van der Waals surface area contributed by atoms with Crippen LogP contribution in [0.15, 0.2) is 41.8 Å². The van der Waals surface area contributed by atoms with Gasteiger partial charge in [0.15, 0.2) is 0 Å². The third-order valence-electron chi connectivity index (χ3n) is 3.11. The quantitative estimate of drug-likeness (QED) is 0.774. The summed E-state index contributed by atoms with van der Waals surface area (Å²) in [5.41, 5.74) is 1.91. The van der Waals surface area contributed by atoms with Crippen LogP contribution in [0.2, 0.25) is 0 Å². The fourth-order valence-electron chi connectivity index (χ4n) is 2.11. The Morgan fingerprint density at radius 3 is 2.95 bits per heavy atom. The van der Waals surface area contributed by atoms with Gasteiger partial charge in [0, 0.05) is 4.88 Å². The molecule has 1 amide bonds. The highest BCUT2D eigenvalue weighted by Crippen LogP contribution is 2.16. The van der Waals surface area contributed by atoms with E-state index in [1.807, 2.05) is 48.7 Å². The van der Waals surface area contributed by atoms with E-state index in [2.05, 4.69) is 15.3 Å². The maximum absolute atomic E-state index is 12.0. The first-order chi connectivity index (χ1) is 9.72. The smallest absolute Gasteiger partial charge is 0.225 e. The summed E-state index contributed by atoms with van der Waals surface area (Å²) in [5, 5.41) is 4.95. The highest BCUT2D eigenvalue weighted by Gasteiger charge is 2.13. The number of amides is 1. The van der Waals surface area contributed by atoms with Crippen molar-refractivity contribution in [1.29, 1.82) is 0 Å². The molecule has 20 heavy (non-hydrogen) atoms. The van der Waals surface area contributed by atoms with Crippen molar-refractivity contribution in [2.75, 3.05) is 0 Å². The van der Waals surface area contributed by atoms with Gasteiger partial charge in [-0.3, -0.25) is 4.79 Å². The van der Waals surface area contributed by atoms with Crippen molar-refractivity contribution in [2.24, 2.45) is 0 Å². The molecule has 0 fully saturated rings. The maximum Gasteiger partial charge on any atom is 0.225 e. The number of benzene rings is 1. The summed E-state index contributed by atoms with van der Waals surface area (Å²) >= 11 is 1.59. The summed E-state index contributed by atoms with van der Waals surface area (Å²) in [5.74, 6) is 0.797. The van der Waals surface area contributed by atoms with Crippen molar-refractivity contribution in [3.8, 4) is 0 Å². The standard InChI is InChI=1S/C15H15N3OS/c1-10(16-14(19)9-11-5-4-8-20-11)15-17-12-6-2-3-7-13(12)18-15/h2-8,10H,9H2,1H3,(H,16,19)(H,17,18)/t10-/m1/s1. The first kappa shape index (κ1) is 12.9. The topological polar surface area (TPSA) is 57.8 Å². The lowest BCUT2D eigenvalue weighted by atomic mass is 10.2. The van der Waals surface area contributed by atoms with E-state index >= 15 is 0 Å². The number of carbonyl (C=O) groups is 1. The van der Waals surface area contributed by atoms with E-state index in [9.17, 15) is 4.79 Å². The first-order valence-electron chi connectivity index (χ1n) is 6.49. The molecule has 0 aliphatic carbocycles. The van der Waals surface area contributed by atoms with Gasteiger partial charge in [0.25, 0.3) is 0 Å². The molecule has 1 atom stereocenters. The second-order valence-corrected chi connectivity index (χ2v) is 5.72. The minimum absolute atomic E-state index is 0.0143. The van der Waals surface area contributed by atoms with E-state index < -0.39 is 0 Å². The summed E-state index contributed by atoms with van der Waals surface area (Å²) in [7, 11) is 0. The number of thiophene rings is 1. The molecule has 3 aromatic rings. The Hall–Kier alpha value is -2.14. The average Bonchev–Trinajstić information content (AvgIpc) is 3.06. The van der Waals surface area contributed by atoms with Crippen LogP contribution >= 0.6 is 11.3 Å². The molecule has 0 spiro atoms. The van der Waals surface area contributed by atoms with Gasteiger partial charge in [-0.1, -0.05) is 18.2 Å². The largest absolute Gasteiger partial charge is 0.346 e. The molecule has 2 heterocycles. The Labute approximate surface area is 120 Å². The number of fused-ring (bicyclic) bond motifs is 1. The molecule has 2 aromatic heterocycles. The van der Waals surface area contributed by atoms with Crippen LogP contribution < -0.4 is 5.32 Å². The first-order valence-corrected chi connectivity index (χ1v) is 7.37. The van der Waals surface area contributed by atoms with Crippen molar-refractivity contribution in [1.82, 2.24) is 15.3 Å². The van der Waals surface area contributed by atoms with Gasteiger partial charge in [0.2, 0.25) is 5.91 Å². The fourth-order valence-corrected chi connectivity index (χ4v) is 2.81. The maximum atomic E-state index is 12.0. The summed E-state index contributed by atoms with van der Waals surface area (Å²) in [6.07, 6.45) is 0.419. The Kier molecular flexibility index (Phi) is 3.52. The van der Waals surface area contributed by atoms with Crippen molar-refractivity contribution >= 4 is 28.3 Å². The second-order valence-electron chi connectivity index (χ2n) is 4.68. The minimum atomic E-state index is -0.130. The third-order valence-corrected chi connectivity index (χ3v) is 3.99. The lowest BCUT2D eigenvalue weighted by Gasteiger charge is -2.10. The molecule has 2 N–H and O–H groups in total. The zero-order valence-electron chi connectivity index (χ0n) is 11.1. The molecule has 0 radical (unpaired) electrons. The summed E-state index contributed by atoms with van der Waals surface area (Å²) in [6.45, 7) is 1.93. The van der Waals surface area contributed by atoms with Crippen molar-refractivity contribution in [2.45, 2.75) is 19.4 Å². The van der Waals surface area contributed by atoms with Crippen LogP contribution in [0.3, 0.4) is 0 Å². The molecular weight excluding hydrogens is 270 g/mol. The number of carbonyl (C=O) groups excluding carboxylic acids is 1. The van der Waals surface area contributed by atoms with Gasteiger partial charge in [-0.15, -0.1) is 11.3 Å². The van der Waals surface area contributed by atoms with Gasteiger partial charge in [-0.05, 0) is 30.5 Å². The molecule has 1 aromatic carbocycles. The van der Waals surface area contributed by atoms with Crippen LogP contribution in [0.5, 0.6) is 0 Å². The molecule has 0 saturated heterocycles. The SMILES string of the molecule is C[C@@H](NC(=O)Cc1cccs1)c1nc2ccccc2[nH]1. The zero-order valence-corrected chi connectivity index (χ0v) is 11.9. The Balaban J connectivity index is 1.69.